The first kappa shape index (κ1) is 61.2. The molecule has 4 unspecified atom stereocenters. The first-order chi connectivity index (χ1) is 35.6. The molecule has 5 amide bonds. The second kappa shape index (κ2) is 29.7. The van der Waals surface area contributed by atoms with Crippen LogP contribution < -0.4 is 21.3 Å². The van der Waals surface area contributed by atoms with Crippen LogP contribution in [0.1, 0.15) is 131 Å². The summed E-state index contributed by atoms with van der Waals surface area (Å²) in [5.41, 5.74) is 5.81. The van der Waals surface area contributed by atoms with Crippen molar-refractivity contribution in [3.8, 4) is 11.1 Å². The van der Waals surface area contributed by atoms with E-state index in [0.29, 0.717) is 30.9 Å². The zero-order valence-electron chi connectivity index (χ0n) is 46.9. The van der Waals surface area contributed by atoms with Crippen LogP contribution in [0.5, 0.6) is 0 Å². The predicted molar refractivity (Wildman–Crippen MR) is 294 cm³/mol. The average Bonchev–Trinajstić information content (AvgIpc) is 3.70. The number of ketones is 1. The maximum atomic E-state index is 14.1. The number of amides is 5. The summed E-state index contributed by atoms with van der Waals surface area (Å²) in [6, 6.07) is 22.7. The monoisotopic (exact) mass is 1030 g/mol. The molecule has 15 heteroatoms. The van der Waals surface area contributed by atoms with Crippen molar-refractivity contribution in [2.75, 3.05) is 33.8 Å². The number of benzene rings is 3. The Morgan fingerprint density at radius 2 is 1.29 bits per heavy atom. The molecule has 0 radical (unpaired) electrons. The molecule has 0 heterocycles. The van der Waals surface area contributed by atoms with Gasteiger partial charge < -0.3 is 40.5 Å². The second-order valence-corrected chi connectivity index (χ2v) is 21.3. The van der Waals surface area contributed by atoms with Crippen LogP contribution in [0, 0.1) is 23.7 Å². The number of hydrogen-bond donors (Lipinski definition) is 4. The Bertz CT molecular complexity index is 2380. The molecule has 0 fully saturated rings. The summed E-state index contributed by atoms with van der Waals surface area (Å²) in [5, 5.41) is 12.2. The Morgan fingerprint density at radius 1 is 0.707 bits per heavy atom. The first-order valence-electron chi connectivity index (χ1n) is 27.0. The van der Waals surface area contributed by atoms with Gasteiger partial charge in [0.05, 0.1) is 12.6 Å². The van der Waals surface area contributed by atoms with Crippen LogP contribution in [0.3, 0.4) is 0 Å². The lowest BCUT2D eigenvalue weighted by Gasteiger charge is -2.33. The zero-order valence-corrected chi connectivity index (χ0v) is 46.9. The lowest BCUT2D eigenvalue weighted by Crippen LogP contribution is -2.56. The van der Waals surface area contributed by atoms with Gasteiger partial charge in [0.15, 0.2) is 11.9 Å². The number of allylic oxidation sites excluding steroid dienone is 1. The number of nitrogens with zero attached hydrogens (tertiary/aromatic N) is 2. The summed E-state index contributed by atoms with van der Waals surface area (Å²) in [6.45, 7) is 21.1. The number of likely N-dealkylation sites (N-methyl/N-ethyl adjacent to an activating group) is 2. The van der Waals surface area contributed by atoms with E-state index in [2.05, 4.69) is 66.3 Å². The number of fused-ring (bicyclic) bond motifs is 3. The highest BCUT2D eigenvalue weighted by Crippen LogP contribution is 2.44. The van der Waals surface area contributed by atoms with Crippen LogP contribution in [-0.2, 0) is 44.7 Å². The number of Topliss-reactive ketones (excluding diaryl/α,β-unsaturated/α-hetero) is 1. The fraction of sp³-hybridized carbons (Fsp3) is 0.550. The highest BCUT2D eigenvalue weighted by molar-refractivity contribution is 5.96. The molecular formula is C60H86N6O9. The van der Waals surface area contributed by atoms with Gasteiger partial charge in [-0.15, -0.1) is 0 Å². The van der Waals surface area contributed by atoms with E-state index in [0.717, 1.165) is 29.5 Å². The van der Waals surface area contributed by atoms with E-state index in [9.17, 15) is 33.6 Å². The van der Waals surface area contributed by atoms with Gasteiger partial charge in [-0.05, 0) is 98.4 Å². The van der Waals surface area contributed by atoms with E-state index in [1.165, 1.54) is 48.9 Å². The third kappa shape index (κ3) is 17.9. The molecule has 0 aliphatic heterocycles. The van der Waals surface area contributed by atoms with Crippen molar-refractivity contribution in [3.05, 3.63) is 107 Å². The molecule has 4 N–H and O–H groups in total. The smallest absolute Gasteiger partial charge is 0.407 e. The molecular weight excluding hydrogens is 949 g/mol. The third-order valence-electron chi connectivity index (χ3n) is 14.7. The summed E-state index contributed by atoms with van der Waals surface area (Å²) < 4.78 is 11.6. The van der Waals surface area contributed by atoms with E-state index in [1.807, 2.05) is 95.3 Å². The highest BCUT2D eigenvalue weighted by atomic mass is 16.6. The Labute approximate surface area is 446 Å². The van der Waals surface area contributed by atoms with E-state index in [4.69, 9.17) is 9.47 Å². The lowest BCUT2D eigenvalue weighted by molar-refractivity contribution is -0.154. The Kier molecular flexibility index (Phi) is 24.2. The van der Waals surface area contributed by atoms with Crippen LogP contribution in [-0.4, -0.2) is 121 Å². The minimum atomic E-state index is -1.19. The standard InChI is InChI=1S/C60H86N6O9/c1-14-38(5)54(61-34-42(9)62-60(73)74-36-50-48-30-21-19-28-46(48)47-29-20-22-31-49(47)50)40(7)24-23-25-41(8)59(72)75-52(32-37(3)4)56(69)63-43(10)57(70)66(13)51(33-45-26-17-16-18-27-45)58(71)65(12)35-53(68)64-55(44(11)67)39(6)15-2/h16-22,25-31,37-40,42-43,50-52,54-55,61H,14-15,23-24,32-36H2,1-13H3,(H,62,73)(H,63,69)(H,64,68)/b41-25+/t38?,39?,40-,42?,43+,51?,52+,54+,55-/m0/s1. The molecule has 0 bridgehead atoms. The molecule has 75 heavy (non-hydrogen) atoms. The average molecular weight is 1040 g/mol. The molecule has 0 saturated heterocycles. The summed E-state index contributed by atoms with van der Waals surface area (Å²) in [6.07, 6.45) is 3.49. The number of rotatable bonds is 29. The lowest BCUT2D eigenvalue weighted by atomic mass is 9.85. The largest absolute Gasteiger partial charge is 0.449 e. The molecule has 9 atom stereocenters. The number of alkyl carbamates (subject to hydrolysis) is 1. The van der Waals surface area contributed by atoms with Crippen molar-refractivity contribution in [2.45, 2.75) is 157 Å². The molecule has 410 valence electrons. The SMILES string of the molecule is CCC(C)[C@H](NC(=O)CN(C)C(=O)C(Cc1ccccc1)N(C)C(=O)[C@@H](C)NC(=O)[C@@H](CC(C)C)OC(=O)/C(C)=C/CC[C@H](C)[C@H](NCC(C)NC(=O)OCC1c2ccccc2-c2ccccc21)C(C)CC)C(C)=O. The number of esters is 1. The number of hydrogen-bond acceptors (Lipinski definition) is 10. The van der Waals surface area contributed by atoms with E-state index in [1.54, 1.807) is 6.92 Å². The molecule has 1 aliphatic rings. The van der Waals surface area contributed by atoms with Gasteiger partial charge >= 0.3 is 12.1 Å². The summed E-state index contributed by atoms with van der Waals surface area (Å²) in [7, 11) is 2.95. The van der Waals surface area contributed by atoms with Gasteiger partial charge in [0.1, 0.15) is 18.7 Å². The van der Waals surface area contributed by atoms with Gasteiger partial charge in [0.2, 0.25) is 17.7 Å². The van der Waals surface area contributed by atoms with E-state index >= 15 is 0 Å². The fourth-order valence-corrected chi connectivity index (χ4v) is 9.81. The van der Waals surface area contributed by atoms with Crippen molar-refractivity contribution in [1.82, 2.24) is 31.1 Å². The number of carbonyl (C=O) groups is 7. The Hall–Kier alpha value is -6.35. The third-order valence-corrected chi connectivity index (χ3v) is 14.7. The molecule has 0 saturated carbocycles. The Balaban J connectivity index is 1.32. The van der Waals surface area contributed by atoms with Crippen molar-refractivity contribution in [3.63, 3.8) is 0 Å². The topological polar surface area (TPSA) is 193 Å². The van der Waals surface area contributed by atoms with Crippen molar-refractivity contribution in [2.24, 2.45) is 23.7 Å². The predicted octanol–water partition coefficient (Wildman–Crippen LogP) is 8.39. The van der Waals surface area contributed by atoms with Gasteiger partial charge in [0, 0.05) is 50.6 Å². The number of carbonyl (C=O) groups excluding carboxylic acids is 7. The van der Waals surface area contributed by atoms with E-state index in [-0.39, 0.29) is 67.5 Å². The second-order valence-electron chi connectivity index (χ2n) is 21.3. The van der Waals surface area contributed by atoms with Crippen LogP contribution >= 0.6 is 0 Å². The molecule has 15 nitrogen and oxygen atoms in total. The molecule has 0 aromatic heterocycles. The summed E-state index contributed by atoms with van der Waals surface area (Å²) >= 11 is 0. The first-order valence-corrected chi connectivity index (χ1v) is 27.0. The van der Waals surface area contributed by atoms with Crippen molar-refractivity contribution >= 4 is 41.5 Å². The quantitative estimate of drug-likeness (QED) is 0.0388. The maximum Gasteiger partial charge on any atom is 0.407 e. The molecule has 3 aromatic rings. The minimum Gasteiger partial charge on any atom is -0.449 e. The summed E-state index contributed by atoms with van der Waals surface area (Å²) in [5.74, 6) is -2.64. The zero-order chi connectivity index (χ0) is 55.5. The van der Waals surface area contributed by atoms with Crippen LogP contribution in [0.4, 0.5) is 4.79 Å². The fourth-order valence-electron chi connectivity index (χ4n) is 9.81. The normalized spacial score (nSPS) is 15.8. The number of ether oxygens (including phenoxy) is 2. The van der Waals surface area contributed by atoms with Crippen molar-refractivity contribution < 1.29 is 43.0 Å². The van der Waals surface area contributed by atoms with Crippen LogP contribution in [0.2, 0.25) is 0 Å². The molecule has 4 rings (SSSR count). The molecule has 0 spiro atoms. The Morgan fingerprint density at radius 3 is 1.87 bits per heavy atom. The van der Waals surface area contributed by atoms with Crippen LogP contribution in [0.25, 0.3) is 11.1 Å². The maximum absolute atomic E-state index is 14.1. The van der Waals surface area contributed by atoms with Gasteiger partial charge in [-0.1, -0.05) is 146 Å². The van der Waals surface area contributed by atoms with Crippen LogP contribution in [0.15, 0.2) is 90.5 Å². The highest BCUT2D eigenvalue weighted by Gasteiger charge is 2.36. The van der Waals surface area contributed by atoms with Gasteiger partial charge in [-0.3, -0.25) is 24.0 Å². The number of nitrogens with one attached hydrogen (secondary N) is 4. The van der Waals surface area contributed by atoms with Gasteiger partial charge in [0.25, 0.3) is 5.91 Å². The molecule has 1 aliphatic carbocycles. The minimum absolute atomic E-state index is 0.0231. The van der Waals surface area contributed by atoms with Gasteiger partial charge in [-0.25, -0.2) is 9.59 Å². The summed E-state index contributed by atoms with van der Waals surface area (Å²) in [4.78, 5) is 96.5. The van der Waals surface area contributed by atoms with Gasteiger partial charge in [-0.2, -0.15) is 0 Å². The van der Waals surface area contributed by atoms with E-state index < -0.39 is 59.9 Å². The van der Waals surface area contributed by atoms with Crippen molar-refractivity contribution in [1.29, 1.82) is 0 Å². The molecule has 3 aromatic carbocycles.